The molecular weight excluding hydrogens is 414 g/mol. The van der Waals surface area contributed by atoms with Crippen molar-refractivity contribution in [2.45, 2.75) is 65.3 Å². The molecule has 9 nitrogen and oxygen atoms in total. The molecule has 0 spiro atoms. The van der Waals surface area contributed by atoms with E-state index in [1.165, 1.54) is 4.90 Å². The first-order valence-electron chi connectivity index (χ1n) is 10.7. The zero-order valence-corrected chi connectivity index (χ0v) is 19.3. The number of ketones is 1. The molecule has 1 fully saturated rings. The van der Waals surface area contributed by atoms with Gasteiger partial charge in [-0.1, -0.05) is 44.2 Å². The molecule has 2 atom stereocenters. The molecule has 1 unspecified atom stereocenters. The number of carbonyl (C=O) groups excluding carboxylic acids is 4. The van der Waals surface area contributed by atoms with E-state index in [-0.39, 0.29) is 31.4 Å². The zero-order chi connectivity index (χ0) is 23.9. The number of amides is 3. The molecule has 176 valence electrons. The summed E-state index contributed by atoms with van der Waals surface area (Å²) >= 11 is 0. The Morgan fingerprint density at radius 3 is 2.41 bits per heavy atom. The number of alkyl carbamates (subject to hydrolysis) is 1. The van der Waals surface area contributed by atoms with Crippen LogP contribution in [0.25, 0.3) is 0 Å². The van der Waals surface area contributed by atoms with Crippen LogP contribution >= 0.6 is 0 Å². The van der Waals surface area contributed by atoms with Crippen molar-refractivity contribution in [2.75, 3.05) is 13.1 Å². The first kappa shape index (κ1) is 25.2. The third-order valence-electron chi connectivity index (χ3n) is 4.63. The number of carbonyl (C=O) groups is 4. The molecule has 0 saturated carbocycles. The number of rotatable bonds is 7. The molecule has 1 aliphatic rings. The molecule has 1 aromatic rings. The highest BCUT2D eigenvalue weighted by Crippen LogP contribution is 2.13. The Balaban J connectivity index is 1.92. The molecule has 0 aliphatic carbocycles. The summed E-state index contributed by atoms with van der Waals surface area (Å²) in [6.07, 6.45) is -0.957. The number of hydrogen-bond acceptors (Lipinski definition) is 6. The third kappa shape index (κ3) is 8.20. The fourth-order valence-electron chi connectivity index (χ4n) is 3.19. The van der Waals surface area contributed by atoms with Gasteiger partial charge in [-0.2, -0.15) is 0 Å². The quantitative estimate of drug-likeness (QED) is 0.664. The average molecular weight is 448 g/mol. The van der Waals surface area contributed by atoms with Gasteiger partial charge >= 0.3 is 12.2 Å². The zero-order valence-electron chi connectivity index (χ0n) is 19.3. The van der Waals surface area contributed by atoms with Gasteiger partial charge in [0.2, 0.25) is 5.91 Å². The second-order valence-electron chi connectivity index (χ2n) is 9.28. The lowest BCUT2D eigenvalue weighted by molar-refractivity contribution is -0.127. The van der Waals surface area contributed by atoms with Gasteiger partial charge in [0, 0.05) is 0 Å². The second-order valence-corrected chi connectivity index (χ2v) is 9.28. The fourth-order valence-corrected chi connectivity index (χ4v) is 3.19. The van der Waals surface area contributed by atoms with Crippen LogP contribution in [-0.4, -0.2) is 59.6 Å². The lowest BCUT2D eigenvalue weighted by atomic mass is 10.0. The van der Waals surface area contributed by atoms with E-state index in [1.54, 1.807) is 20.8 Å². The predicted octanol–water partition coefficient (Wildman–Crippen LogP) is 2.63. The molecular formula is C23H33N3O6. The Hall–Kier alpha value is -3.10. The van der Waals surface area contributed by atoms with Crippen LogP contribution in [0.3, 0.4) is 0 Å². The molecule has 0 bridgehead atoms. The molecule has 1 saturated heterocycles. The summed E-state index contributed by atoms with van der Waals surface area (Å²) in [7, 11) is 0. The lowest BCUT2D eigenvalue weighted by Crippen LogP contribution is -2.52. The van der Waals surface area contributed by atoms with Gasteiger partial charge in [0.15, 0.2) is 5.78 Å². The van der Waals surface area contributed by atoms with Crippen molar-refractivity contribution in [1.82, 2.24) is 15.5 Å². The summed E-state index contributed by atoms with van der Waals surface area (Å²) in [5, 5.41) is 5.23. The van der Waals surface area contributed by atoms with Crippen molar-refractivity contribution in [3.05, 3.63) is 35.9 Å². The minimum absolute atomic E-state index is 0.0129. The van der Waals surface area contributed by atoms with Gasteiger partial charge in [-0.25, -0.2) is 9.59 Å². The molecule has 0 radical (unpaired) electrons. The highest BCUT2D eigenvalue weighted by atomic mass is 16.6. The molecule has 1 aliphatic heterocycles. The third-order valence-corrected chi connectivity index (χ3v) is 4.63. The Morgan fingerprint density at radius 1 is 1.16 bits per heavy atom. The lowest BCUT2D eigenvalue weighted by Gasteiger charge is -2.25. The van der Waals surface area contributed by atoms with Crippen LogP contribution in [0.5, 0.6) is 0 Å². The minimum Gasteiger partial charge on any atom is -0.445 e. The fraction of sp³-hybridized carbons (Fsp3) is 0.565. The van der Waals surface area contributed by atoms with E-state index in [0.717, 1.165) is 5.56 Å². The van der Waals surface area contributed by atoms with E-state index >= 15 is 0 Å². The van der Waals surface area contributed by atoms with E-state index in [4.69, 9.17) is 9.47 Å². The Kier molecular flexibility index (Phi) is 8.63. The maximum atomic E-state index is 12.8. The largest absolute Gasteiger partial charge is 0.445 e. The summed E-state index contributed by atoms with van der Waals surface area (Å²) in [6.45, 7) is 8.99. The van der Waals surface area contributed by atoms with Crippen LogP contribution in [0.1, 0.15) is 46.6 Å². The molecule has 2 N–H and O–H groups in total. The van der Waals surface area contributed by atoms with Crippen molar-refractivity contribution in [2.24, 2.45) is 5.92 Å². The van der Waals surface area contributed by atoms with Crippen LogP contribution in [0.4, 0.5) is 9.59 Å². The summed E-state index contributed by atoms with van der Waals surface area (Å²) in [5.41, 5.74) is 0.131. The van der Waals surface area contributed by atoms with Crippen LogP contribution in [0, 0.1) is 5.92 Å². The smallest absolute Gasteiger partial charge is 0.410 e. The summed E-state index contributed by atoms with van der Waals surface area (Å²) in [5.74, 6) is -0.678. The average Bonchev–Trinajstić information content (AvgIpc) is 3.05. The maximum Gasteiger partial charge on any atom is 0.410 e. The van der Waals surface area contributed by atoms with E-state index in [1.807, 2.05) is 44.2 Å². The summed E-state index contributed by atoms with van der Waals surface area (Å²) in [6, 6.07) is 7.48. The molecule has 1 aromatic carbocycles. The monoisotopic (exact) mass is 447 g/mol. The van der Waals surface area contributed by atoms with Gasteiger partial charge in [-0.15, -0.1) is 0 Å². The topological polar surface area (TPSA) is 114 Å². The summed E-state index contributed by atoms with van der Waals surface area (Å²) < 4.78 is 10.5. The Morgan fingerprint density at radius 2 is 1.81 bits per heavy atom. The number of likely N-dealkylation sites (tertiary alicyclic amines) is 1. The molecule has 1 heterocycles. The van der Waals surface area contributed by atoms with Gasteiger partial charge in [0.25, 0.3) is 0 Å². The van der Waals surface area contributed by atoms with Crippen molar-refractivity contribution in [1.29, 1.82) is 0 Å². The van der Waals surface area contributed by atoms with Crippen LogP contribution < -0.4 is 10.6 Å². The SMILES string of the molecule is CC(C)C[C@H](NC(=O)OC(C)(C)C)C(=O)NC1CN(C(=O)OCc2ccccc2)CC1=O. The number of ether oxygens (including phenoxy) is 2. The van der Waals surface area contributed by atoms with E-state index in [2.05, 4.69) is 10.6 Å². The Bertz CT molecular complexity index is 819. The van der Waals surface area contributed by atoms with E-state index < -0.39 is 35.8 Å². The van der Waals surface area contributed by atoms with Crippen molar-refractivity contribution < 1.29 is 28.7 Å². The number of nitrogens with one attached hydrogen (secondary N) is 2. The van der Waals surface area contributed by atoms with Gasteiger partial charge in [0.1, 0.15) is 24.3 Å². The second kappa shape index (κ2) is 11.0. The van der Waals surface area contributed by atoms with Crippen LogP contribution in [0.2, 0.25) is 0 Å². The van der Waals surface area contributed by atoms with Crippen molar-refractivity contribution >= 4 is 23.9 Å². The molecule has 9 heteroatoms. The molecule has 2 rings (SSSR count). The Labute approximate surface area is 188 Å². The maximum absolute atomic E-state index is 12.8. The first-order valence-corrected chi connectivity index (χ1v) is 10.7. The van der Waals surface area contributed by atoms with Gasteiger partial charge < -0.3 is 20.1 Å². The van der Waals surface area contributed by atoms with Gasteiger partial charge in [0.05, 0.1) is 13.1 Å². The van der Waals surface area contributed by atoms with E-state index in [9.17, 15) is 19.2 Å². The van der Waals surface area contributed by atoms with E-state index in [0.29, 0.717) is 6.42 Å². The van der Waals surface area contributed by atoms with Crippen molar-refractivity contribution in [3.8, 4) is 0 Å². The molecule has 0 aromatic heterocycles. The van der Waals surface area contributed by atoms with Crippen molar-refractivity contribution in [3.63, 3.8) is 0 Å². The molecule has 3 amide bonds. The van der Waals surface area contributed by atoms with Gasteiger partial charge in [-0.3, -0.25) is 14.5 Å². The standard InChI is InChI=1S/C23H33N3O6/c1-15(2)11-17(25-21(29)32-23(3,4)5)20(28)24-18-12-26(13-19(18)27)22(30)31-14-16-9-7-6-8-10-16/h6-10,15,17-18H,11-14H2,1-5H3,(H,24,28)(H,25,29)/t17-,18?/m0/s1. The summed E-state index contributed by atoms with van der Waals surface area (Å²) in [4.78, 5) is 50.9. The van der Waals surface area contributed by atoms with Gasteiger partial charge in [-0.05, 0) is 38.7 Å². The number of nitrogens with zero attached hydrogens (tertiary/aromatic N) is 1. The normalized spacial score (nSPS) is 17.1. The van der Waals surface area contributed by atoms with Crippen LogP contribution in [0.15, 0.2) is 30.3 Å². The molecule has 32 heavy (non-hydrogen) atoms. The number of benzene rings is 1. The highest BCUT2D eigenvalue weighted by molar-refractivity contribution is 5.96. The number of Topliss-reactive ketones (excluding diaryl/α,β-unsaturated/α-hetero) is 1. The van der Waals surface area contributed by atoms with Crippen LogP contribution in [-0.2, 0) is 25.7 Å². The highest BCUT2D eigenvalue weighted by Gasteiger charge is 2.37. The first-order chi connectivity index (χ1) is 14.9. The number of hydrogen-bond donors (Lipinski definition) is 2. The predicted molar refractivity (Wildman–Crippen MR) is 118 cm³/mol. The minimum atomic E-state index is -0.864.